The van der Waals surface area contributed by atoms with E-state index in [0.717, 1.165) is 22.5 Å². The summed E-state index contributed by atoms with van der Waals surface area (Å²) >= 11 is 0. The first kappa shape index (κ1) is 17.8. The molecule has 2 heterocycles. The molecule has 0 unspecified atom stereocenters. The zero-order valence-corrected chi connectivity index (χ0v) is 15.9. The van der Waals surface area contributed by atoms with E-state index in [9.17, 15) is 0 Å². The number of fused-ring (bicyclic) bond motifs is 1. The fourth-order valence-corrected chi connectivity index (χ4v) is 3.50. The van der Waals surface area contributed by atoms with Gasteiger partial charge in [-0.3, -0.25) is 0 Å². The molecule has 5 heteroatoms. The average molecular weight is 370 g/mol. The van der Waals surface area contributed by atoms with Gasteiger partial charge in [0.1, 0.15) is 5.69 Å². The number of aryl methyl sites for hydroxylation is 2. The molecule has 4 N–H and O–H groups in total. The van der Waals surface area contributed by atoms with Gasteiger partial charge in [-0.05, 0) is 60.4 Å². The number of hydrogen-bond donors (Lipinski definition) is 3. The van der Waals surface area contributed by atoms with Crippen LogP contribution in [0.2, 0.25) is 0 Å². The first-order chi connectivity index (χ1) is 13.6. The van der Waals surface area contributed by atoms with E-state index in [1.54, 1.807) is 6.07 Å². The van der Waals surface area contributed by atoms with Gasteiger partial charge in [0.2, 0.25) is 0 Å². The highest BCUT2D eigenvalue weighted by atomic mass is 16.4. The lowest BCUT2D eigenvalue weighted by Gasteiger charge is -2.07. The standard InChI is InChI=1S/C23H22N4O/c1-14-11-18-19(13-17-9-6-10-20(25-17)23(24)27-28)22(16-7-4-3-5-8-16)26-21(18)12-15(14)2/h3-12,26,28H,13H2,1-2H3,(H2,24,27). The Morgan fingerprint density at radius 1 is 1.04 bits per heavy atom. The molecular weight excluding hydrogens is 348 g/mol. The Balaban J connectivity index is 1.89. The highest BCUT2D eigenvalue weighted by Gasteiger charge is 2.16. The minimum absolute atomic E-state index is 0.00975. The molecule has 0 radical (unpaired) electrons. The molecule has 5 nitrogen and oxygen atoms in total. The maximum atomic E-state index is 8.94. The van der Waals surface area contributed by atoms with E-state index >= 15 is 0 Å². The third-order valence-electron chi connectivity index (χ3n) is 5.12. The number of pyridine rings is 1. The predicted octanol–water partition coefficient (Wildman–Crippen LogP) is 4.53. The van der Waals surface area contributed by atoms with E-state index < -0.39 is 0 Å². The maximum absolute atomic E-state index is 8.94. The highest BCUT2D eigenvalue weighted by molar-refractivity contribution is 5.95. The van der Waals surface area contributed by atoms with Gasteiger partial charge in [-0.15, -0.1) is 0 Å². The van der Waals surface area contributed by atoms with Gasteiger partial charge < -0.3 is 15.9 Å². The summed E-state index contributed by atoms with van der Waals surface area (Å²) in [4.78, 5) is 8.17. The van der Waals surface area contributed by atoms with E-state index in [0.29, 0.717) is 12.1 Å². The van der Waals surface area contributed by atoms with Crippen molar-refractivity contribution < 1.29 is 5.21 Å². The second kappa shape index (κ2) is 7.19. The summed E-state index contributed by atoms with van der Waals surface area (Å²) in [5, 5.41) is 13.2. The number of nitrogens with zero attached hydrogens (tertiary/aromatic N) is 2. The second-order valence-corrected chi connectivity index (χ2v) is 7.00. The molecule has 0 spiro atoms. The molecule has 2 aromatic carbocycles. The van der Waals surface area contributed by atoms with Gasteiger partial charge in [0.05, 0.1) is 5.69 Å². The zero-order chi connectivity index (χ0) is 19.7. The van der Waals surface area contributed by atoms with Crippen LogP contribution in [0, 0.1) is 13.8 Å². The van der Waals surface area contributed by atoms with Gasteiger partial charge >= 0.3 is 0 Å². The van der Waals surface area contributed by atoms with Crippen molar-refractivity contribution in [2.24, 2.45) is 10.9 Å². The minimum atomic E-state index is 0.00975. The average Bonchev–Trinajstić information content (AvgIpc) is 3.06. The Bertz CT molecular complexity index is 1180. The van der Waals surface area contributed by atoms with Crippen molar-refractivity contribution >= 4 is 16.7 Å². The summed E-state index contributed by atoms with van der Waals surface area (Å²) in [6.07, 6.45) is 0.638. The van der Waals surface area contributed by atoms with Crippen LogP contribution < -0.4 is 5.73 Å². The van der Waals surface area contributed by atoms with Crippen LogP contribution >= 0.6 is 0 Å². The molecule has 0 aliphatic carbocycles. The molecule has 0 amide bonds. The van der Waals surface area contributed by atoms with Crippen molar-refractivity contribution in [3.05, 3.63) is 88.7 Å². The van der Waals surface area contributed by atoms with Crippen LogP contribution in [0.4, 0.5) is 0 Å². The first-order valence-electron chi connectivity index (χ1n) is 9.18. The number of nitrogens with one attached hydrogen (secondary N) is 1. The summed E-state index contributed by atoms with van der Waals surface area (Å²) in [6, 6.07) is 20.3. The predicted molar refractivity (Wildman–Crippen MR) is 113 cm³/mol. The van der Waals surface area contributed by atoms with Crippen molar-refractivity contribution in [3.63, 3.8) is 0 Å². The number of amidine groups is 1. The van der Waals surface area contributed by atoms with Crippen molar-refractivity contribution in [2.45, 2.75) is 20.3 Å². The van der Waals surface area contributed by atoms with E-state index in [1.807, 2.05) is 30.3 Å². The number of nitrogens with two attached hydrogens (primary N) is 1. The molecule has 0 atom stereocenters. The van der Waals surface area contributed by atoms with Crippen LogP contribution in [-0.2, 0) is 6.42 Å². The van der Waals surface area contributed by atoms with Crippen LogP contribution in [0.1, 0.15) is 28.1 Å². The van der Waals surface area contributed by atoms with Gasteiger partial charge in [0, 0.05) is 23.0 Å². The van der Waals surface area contributed by atoms with E-state index in [1.165, 1.54) is 22.1 Å². The summed E-state index contributed by atoms with van der Waals surface area (Å²) in [5.74, 6) is 0.00975. The normalized spacial score (nSPS) is 11.9. The molecule has 0 saturated carbocycles. The van der Waals surface area contributed by atoms with Crippen LogP contribution in [0.5, 0.6) is 0 Å². The first-order valence-corrected chi connectivity index (χ1v) is 9.18. The molecule has 0 aliphatic heterocycles. The SMILES string of the molecule is Cc1cc2[nH]c(-c3ccccc3)c(Cc3cccc(/C(N)=N/O)n3)c2cc1C. The number of rotatable bonds is 4. The monoisotopic (exact) mass is 370 g/mol. The number of oxime groups is 1. The van der Waals surface area contributed by atoms with Crippen LogP contribution in [0.15, 0.2) is 65.8 Å². The topological polar surface area (TPSA) is 87.3 Å². The third-order valence-corrected chi connectivity index (χ3v) is 5.12. The van der Waals surface area contributed by atoms with Crippen LogP contribution in [-0.4, -0.2) is 21.0 Å². The lowest BCUT2D eigenvalue weighted by molar-refractivity contribution is 0.318. The molecule has 28 heavy (non-hydrogen) atoms. The molecule has 0 fully saturated rings. The van der Waals surface area contributed by atoms with Gasteiger partial charge in [-0.25, -0.2) is 4.98 Å². The summed E-state index contributed by atoms with van der Waals surface area (Å²) in [7, 11) is 0. The molecule has 4 aromatic rings. The fourth-order valence-electron chi connectivity index (χ4n) is 3.50. The van der Waals surface area contributed by atoms with E-state index in [-0.39, 0.29) is 5.84 Å². The lowest BCUT2D eigenvalue weighted by Crippen LogP contribution is -2.15. The molecule has 0 saturated heterocycles. The molecule has 140 valence electrons. The smallest absolute Gasteiger partial charge is 0.188 e. The maximum Gasteiger partial charge on any atom is 0.188 e. The molecule has 0 bridgehead atoms. The number of hydrogen-bond acceptors (Lipinski definition) is 3. The third kappa shape index (κ3) is 3.22. The van der Waals surface area contributed by atoms with Crippen LogP contribution in [0.25, 0.3) is 22.2 Å². The Labute approximate surface area is 163 Å². The fraction of sp³-hybridized carbons (Fsp3) is 0.130. The van der Waals surface area contributed by atoms with Gasteiger partial charge in [-0.2, -0.15) is 0 Å². The minimum Gasteiger partial charge on any atom is -0.409 e. The molecule has 4 rings (SSSR count). The summed E-state index contributed by atoms with van der Waals surface area (Å²) < 4.78 is 0. The number of H-pyrrole nitrogens is 1. The van der Waals surface area contributed by atoms with Crippen molar-refractivity contribution in [1.29, 1.82) is 0 Å². The lowest BCUT2D eigenvalue weighted by atomic mass is 9.98. The largest absolute Gasteiger partial charge is 0.409 e. The number of benzene rings is 2. The second-order valence-electron chi connectivity index (χ2n) is 7.00. The molecule has 0 aliphatic rings. The zero-order valence-electron chi connectivity index (χ0n) is 15.9. The Morgan fingerprint density at radius 3 is 2.54 bits per heavy atom. The highest BCUT2D eigenvalue weighted by Crippen LogP contribution is 2.33. The van der Waals surface area contributed by atoms with Gasteiger partial charge in [-0.1, -0.05) is 41.6 Å². The van der Waals surface area contributed by atoms with E-state index in [4.69, 9.17) is 10.9 Å². The van der Waals surface area contributed by atoms with E-state index in [2.05, 4.69) is 53.2 Å². The summed E-state index contributed by atoms with van der Waals surface area (Å²) in [5.41, 5.74) is 14.1. The number of aromatic amines is 1. The quantitative estimate of drug-likeness (QED) is 0.213. The summed E-state index contributed by atoms with van der Waals surface area (Å²) in [6.45, 7) is 4.25. The van der Waals surface area contributed by atoms with Crippen molar-refractivity contribution in [3.8, 4) is 11.3 Å². The molecular formula is C23H22N4O. The Hall–Kier alpha value is -3.60. The Kier molecular flexibility index (Phi) is 4.57. The number of aromatic nitrogens is 2. The van der Waals surface area contributed by atoms with Gasteiger partial charge in [0.15, 0.2) is 5.84 Å². The van der Waals surface area contributed by atoms with Gasteiger partial charge in [0.25, 0.3) is 0 Å². The van der Waals surface area contributed by atoms with Crippen molar-refractivity contribution in [2.75, 3.05) is 0 Å². The molecule has 2 aromatic heterocycles. The van der Waals surface area contributed by atoms with Crippen molar-refractivity contribution in [1.82, 2.24) is 9.97 Å². The van der Waals surface area contributed by atoms with Crippen LogP contribution in [0.3, 0.4) is 0 Å². The Morgan fingerprint density at radius 2 is 1.79 bits per heavy atom.